The zero-order valence-electron chi connectivity index (χ0n) is 23.0. The fourth-order valence-electron chi connectivity index (χ4n) is 5.99. The van der Waals surface area contributed by atoms with Crippen LogP contribution in [0.15, 0.2) is 23.8 Å². The number of rotatable bonds is 2. The van der Waals surface area contributed by atoms with Gasteiger partial charge < -0.3 is 30.8 Å². The third-order valence-corrected chi connectivity index (χ3v) is 11.2. The lowest BCUT2D eigenvalue weighted by molar-refractivity contribution is -0.183. The SMILES string of the molecule is Nc1nc2c(ncn2[C@@H]2O[C@@H]3CO[P@@](=O)(S)O[C@H]4[C@H]5OC[C@]4(CO[P@](=O)(S)O[C@H]3[C@H]2O)O[C@H]5n2cnc3c(N)ncnc32)c(=O)[nH]1. The van der Waals surface area contributed by atoms with Crippen LogP contribution in [0, 0.1) is 0 Å². The van der Waals surface area contributed by atoms with Gasteiger partial charge in [0.15, 0.2) is 35.1 Å². The van der Waals surface area contributed by atoms with Gasteiger partial charge in [0, 0.05) is 0 Å². The van der Waals surface area contributed by atoms with Gasteiger partial charge in [0.25, 0.3) is 5.56 Å². The first kappa shape index (κ1) is 30.7. The van der Waals surface area contributed by atoms with E-state index in [1.54, 1.807) is 4.57 Å². The van der Waals surface area contributed by atoms with Crippen molar-refractivity contribution in [3.05, 3.63) is 29.3 Å². The van der Waals surface area contributed by atoms with Gasteiger partial charge in [-0.25, -0.2) is 29.1 Å². The van der Waals surface area contributed by atoms with Crippen LogP contribution in [0.25, 0.3) is 22.3 Å². The van der Waals surface area contributed by atoms with Gasteiger partial charge in [0.1, 0.15) is 48.0 Å². The number of imidazole rings is 2. The third-order valence-electron chi connectivity index (χ3n) is 8.04. The summed E-state index contributed by atoms with van der Waals surface area (Å²) in [5.74, 6) is -0.0588. The first-order valence-electron chi connectivity index (χ1n) is 13.4. The number of anilines is 2. The molecular formula is C21H24N10O11P2S2. The molecule has 0 spiro atoms. The van der Waals surface area contributed by atoms with Crippen molar-refractivity contribution in [3.63, 3.8) is 0 Å². The highest BCUT2D eigenvalue weighted by atomic mass is 32.7. The third kappa shape index (κ3) is 4.89. The molecule has 0 unspecified atom stereocenters. The second-order valence-electron chi connectivity index (χ2n) is 10.9. The number of H-pyrrole nitrogens is 1. The standard InChI is InChI=1S/C21H24N10O11P2S2/c22-14-8-15(25-4-24-14)30(5-26-8)19-12-13-21(40-19,2-36-12)3-38-44(35,46)41-11-7(1-37-43(34,45)42-13)39-18(10(11)32)31-6-27-9-16(31)28-20(23)29-17(9)33/h4-7,10-13,18-19,32H,1-3H2,(H,34,45)(H,35,46)(H2,22,24,25)(H3,23,28,29,33)/t7-,10-,11-,12-,13+,18-,19-,21-,43-,44+/m1/s1. The number of aliphatic hydroxyl groups is 1. The van der Waals surface area contributed by atoms with Crippen molar-refractivity contribution in [1.82, 2.24) is 39.0 Å². The molecule has 8 rings (SSSR count). The predicted octanol–water partition coefficient (Wildman–Crippen LogP) is -0.0584. The number of aromatic nitrogens is 8. The molecule has 0 amide bonds. The number of nitrogen functional groups attached to an aromatic ring is 2. The van der Waals surface area contributed by atoms with E-state index in [0.717, 1.165) is 0 Å². The van der Waals surface area contributed by atoms with E-state index >= 15 is 0 Å². The van der Waals surface area contributed by atoms with Crippen LogP contribution < -0.4 is 17.0 Å². The number of nitrogens with two attached hydrogens (primary N) is 2. The fourth-order valence-corrected chi connectivity index (χ4v) is 9.00. The number of aliphatic hydroxyl groups excluding tert-OH is 1. The van der Waals surface area contributed by atoms with E-state index in [0.29, 0.717) is 11.2 Å². The van der Waals surface area contributed by atoms with Gasteiger partial charge in [-0.15, -0.1) is 0 Å². The summed E-state index contributed by atoms with van der Waals surface area (Å²) in [5, 5.41) is 11.3. The first-order chi connectivity index (χ1) is 21.8. The maximum atomic E-state index is 13.6. The molecule has 4 saturated heterocycles. The van der Waals surface area contributed by atoms with Crippen LogP contribution in [0.1, 0.15) is 12.5 Å². The lowest BCUT2D eigenvalue weighted by Gasteiger charge is -2.33. The number of thiol groups is 2. The summed E-state index contributed by atoms with van der Waals surface area (Å²) in [6.45, 7) is -9.69. The van der Waals surface area contributed by atoms with Gasteiger partial charge in [0.2, 0.25) is 5.95 Å². The molecule has 25 heteroatoms. The fraction of sp³-hybridized carbons (Fsp3) is 0.524. The predicted molar refractivity (Wildman–Crippen MR) is 160 cm³/mol. The topological polar surface area (TPSA) is 278 Å². The Balaban J connectivity index is 1.10. The Labute approximate surface area is 266 Å². The maximum absolute atomic E-state index is 13.6. The average Bonchev–Trinajstić information content (AvgIpc) is 3.80. The number of ether oxygens (including phenoxy) is 3. The van der Waals surface area contributed by atoms with Gasteiger partial charge in [-0.05, 0) is 0 Å². The van der Waals surface area contributed by atoms with E-state index in [9.17, 15) is 19.0 Å². The normalized spacial score (nSPS) is 39.7. The zero-order valence-corrected chi connectivity index (χ0v) is 26.6. The maximum Gasteiger partial charge on any atom is 0.386 e. The average molecular weight is 719 g/mol. The molecule has 10 atom stereocenters. The minimum atomic E-state index is -4.31. The summed E-state index contributed by atoms with van der Waals surface area (Å²) in [7, 11) is 0. The van der Waals surface area contributed by atoms with E-state index in [1.807, 2.05) is 0 Å². The second kappa shape index (κ2) is 10.7. The smallest absolute Gasteiger partial charge is 0.386 e. The molecule has 6 N–H and O–H groups in total. The van der Waals surface area contributed by atoms with Crippen molar-refractivity contribution >= 4 is 72.2 Å². The molecule has 4 fully saturated rings. The van der Waals surface area contributed by atoms with Gasteiger partial charge >= 0.3 is 13.6 Å². The molecule has 8 heterocycles. The Morgan fingerprint density at radius 1 is 0.957 bits per heavy atom. The summed E-state index contributed by atoms with van der Waals surface area (Å²) >= 11 is 8.33. The van der Waals surface area contributed by atoms with Crippen molar-refractivity contribution in [1.29, 1.82) is 0 Å². The molecule has 0 aromatic carbocycles. The number of fused-ring (bicyclic) bond motifs is 3. The summed E-state index contributed by atoms with van der Waals surface area (Å²) in [6, 6.07) is 0. The minimum Gasteiger partial charge on any atom is -0.386 e. The van der Waals surface area contributed by atoms with Gasteiger partial charge in [0.05, 0.1) is 32.5 Å². The highest BCUT2D eigenvalue weighted by Gasteiger charge is 2.66. The van der Waals surface area contributed by atoms with Crippen molar-refractivity contribution in [3.8, 4) is 0 Å². The molecule has 4 aliphatic rings. The summed E-state index contributed by atoms with van der Waals surface area (Å²) in [5.41, 5.74) is 10.1. The van der Waals surface area contributed by atoms with Crippen molar-refractivity contribution < 1.29 is 46.5 Å². The van der Waals surface area contributed by atoms with Crippen LogP contribution in [-0.2, 0) is 41.4 Å². The Hall–Kier alpha value is -2.66. The molecule has 0 aliphatic carbocycles. The van der Waals surface area contributed by atoms with Crippen LogP contribution in [0.2, 0.25) is 0 Å². The first-order valence-corrected chi connectivity index (χ1v) is 18.8. The van der Waals surface area contributed by atoms with Crippen LogP contribution in [0.4, 0.5) is 11.8 Å². The number of nitrogens with zero attached hydrogens (tertiary/aromatic N) is 7. The lowest BCUT2D eigenvalue weighted by atomic mass is 10.0. The second-order valence-corrected chi connectivity index (χ2v) is 16.6. The number of aromatic amines is 1. The van der Waals surface area contributed by atoms with Crippen molar-refractivity contribution in [2.45, 2.75) is 48.6 Å². The lowest BCUT2D eigenvalue weighted by Crippen LogP contribution is -2.46. The number of hydrogen-bond acceptors (Lipinski definition) is 18. The highest BCUT2D eigenvalue weighted by Crippen LogP contribution is 2.63. The Bertz CT molecular complexity index is 2030. The molecule has 4 aromatic rings. The molecule has 4 aliphatic heterocycles. The largest absolute Gasteiger partial charge is 0.386 e. The Morgan fingerprint density at radius 2 is 1.70 bits per heavy atom. The monoisotopic (exact) mass is 718 g/mol. The number of hydrogen-bond donors (Lipinski definition) is 6. The van der Waals surface area contributed by atoms with Gasteiger partial charge in [-0.3, -0.25) is 37.0 Å². The van der Waals surface area contributed by atoms with E-state index < -0.39 is 80.9 Å². The Morgan fingerprint density at radius 3 is 2.50 bits per heavy atom. The highest BCUT2D eigenvalue weighted by molar-refractivity contribution is 8.44. The molecule has 46 heavy (non-hydrogen) atoms. The van der Waals surface area contributed by atoms with E-state index in [1.165, 1.54) is 23.5 Å². The van der Waals surface area contributed by atoms with Crippen molar-refractivity contribution in [2.24, 2.45) is 0 Å². The van der Waals surface area contributed by atoms with E-state index in [2.05, 4.69) is 54.4 Å². The van der Waals surface area contributed by atoms with Gasteiger partial charge in [-0.2, -0.15) is 4.98 Å². The molecule has 0 saturated carbocycles. The molecule has 2 bridgehead atoms. The van der Waals surface area contributed by atoms with E-state index in [-0.39, 0.29) is 29.5 Å². The molecule has 21 nitrogen and oxygen atoms in total. The molecule has 246 valence electrons. The Kier molecular flexibility index (Phi) is 7.11. The molecule has 0 radical (unpaired) electrons. The summed E-state index contributed by atoms with van der Waals surface area (Å²) < 4.78 is 71.3. The molecule has 4 aromatic heterocycles. The van der Waals surface area contributed by atoms with Gasteiger partial charge in [-0.1, -0.05) is 24.5 Å². The zero-order chi connectivity index (χ0) is 32.2. The van der Waals surface area contributed by atoms with Crippen LogP contribution in [-0.4, -0.2) is 100 Å². The van der Waals surface area contributed by atoms with Crippen LogP contribution >= 0.6 is 38.1 Å². The summed E-state index contributed by atoms with van der Waals surface area (Å²) in [6.07, 6.45) is -4.65. The van der Waals surface area contributed by atoms with E-state index in [4.69, 9.17) is 43.8 Å². The van der Waals surface area contributed by atoms with Crippen molar-refractivity contribution in [2.75, 3.05) is 31.3 Å². The van der Waals surface area contributed by atoms with Crippen LogP contribution in [0.5, 0.6) is 0 Å². The minimum absolute atomic E-state index is 0.00786. The van der Waals surface area contributed by atoms with Crippen LogP contribution in [0.3, 0.4) is 0 Å². The summed E-state index contributed by atoms with van der Waals surface area (Å²) in [4.78, 5) is 35.1. The number of nitrogens with one attached hydrogen (secondary N) is 1. The quantitative estimate of drug-likeness (QED) is 0.117. The molecular weight excluding hydrogens is 694 g/mol.